The molecule has 2 heterocycles. The summed E-state index contributed by atoms with van der Waals surface area (Å²) in [7, 11) is 0. The molecule has 1 unspecified atom stereocenters. The van der Waals surface area contributed by atoms with Crippen LogP contribution in [0.25, 0.3) is 0 Å². The molecule has 1 aromatic carbocycles. The van der Waals surface area contributed by atoms with Gasteiger partial charge in [0.05, 0.1) is 5.69 Å². The van der Waals surface area contributed by atoms with Crippen molar-refractivity contribution in [1.29, 1.82) is 0 Å². The Morgan fingerprint density at radius 3 is 2.68 bits per heavy atom. The van der Waals surface area contributed by atoms with Gasteiger partial charge in [-0.1, -0.05) is 44.2 Å². The highest BCUT2D eigenvalue weighted by atomic mass is 16.5. The van der Waals surface area contributed by atoms with Gasteiger partial charge in [-0.25, -0.2) is 4.98 Å². The van der Waals surface area contributed by atoms with E-state index < -0.39 is 0 Å². The molecule has 0 fully saturated rings. The third-order valence-corrected chi connectivity index (χ3v) is 3.45. The van der Waals surface area contributed by atoms with E-state index in [4.69, 9.17) is 4.74 Å². The van der Waals surface area contributed by atoms with Crippen LogP contribution in [-0.4, -0.2) is 10.1 Å². The summed E-state index contributed by atoms with van der Waals surface area (Å²) >= 11 is 0. The molecule has 1 aliphatic rings. The van der Waals surface area contributed by atoms with Crippen LogP contribution in [0.4, 0.5) is 0 Å². The van der Waals surface area contributed by atoms with Gasteiger partial charge in [0.25, 0.3) is 0 Å². The monoisotopic (exact) mass is 255 g/mol. The largest absolute Gasteiger partial charge is 0.506 e. The number of fused-ring (bicyclic) bond motifs is 1. The van der Waals surface area contributed by atoms with E-state index in [9.17, 15) is 5.11 Å². The maximum Gasteiger partial charge on any atom is 0.217 e. The van der Waals surface area contributed by atoms with E-state index in [0.717, 1.165) is 17.5 Å². The van der Waals surface area contributed by atoms with Crippen molar-refractivity contribution in [2.45, 2.75) is 32.3 Å². The number of hydrogen-bond acceptors (Lipinski definition) is 3. The maximum absolute atomic E-state index is 9.98. The molecule has 1 aliphatic heterocycles. The molecule has 0 spiro atoms. The summed E-state index contributed by atoms with van der Waals surface area (Å²) in [4.78, 5) is 4.46. The molecule has 0 saturated heterocycles. The number of pyridine rings is 1. The predicted molar refractivity (Wildman–Crippen MR) is 73.5 cm³/mol. The first-order valence-electron chi connectivity index (χ1n) is 6.59. The van der Waals surface area contributed by atoms with Gasteiger partial charge in [-0.3, -0.25) is 0 Å². The summed E-state index contributed by atoms with van der Waals surface area (Å²) < 4.78 is 5.92. The van der Waals surface area contributed by atoms with Crippen molar-refractivity contribution in [2.75, 3.05) is 0 Å². The molecule has 0 radical (unpaired) electrons. The summed E-state index contributed by atoms with van der Waals surface area (Å²) in [5.41, 5.74) is 2.83. The molecule has 98 valence electrons. The molecule has 2 aromatic rings. The smallest absolute Gasteiger partial charge is 0.217 e. The first-order valence-corrected chi connectivity index (χ1v) is 6.59. The third kappa shape index (κ3) is 2.16. The van der Waals surface area contributed by atoms with E-state index in [1.54, 1.807) is 6.07 Å². The van der Waals surface area contributed by atoms with Crippen molar-refractivity contribution >= 4 is 0 Å². The molecule has 1 aromatic heterocycles. The SMILES string of the molecule is CC(C)c1nc2c(cc1O)CC(c1ccccc1)O2. The van der Waals surface area contributed by atoms with Crippen LogP contribution >= 0.6 is 0 Å². The molecule has 3 nitrogen and oxygen atoms in total. The molecule has 3 rings (SSSR count). The van der Waals surface area contributed by atoms with Gasteiger partial charge >= 0.3 is 0 Å². The normalized spacial score (nSPS) is 17.3. The zero-order valence-corrected chi connectivity index (χ0v) is 11.1. The Bertz CT molecular complexity index is 593. The van der Waals surface area contributed by atoms with Gasteiger partial charge in [-0.15, -0.1) is 0 Å². The van der Waals surface area contributed by atoms with E-state index in [-0.39, 0.29) is 17.8 Å². The fourth-order valence-electron chi connectivity index (χ4n) is 2.44. The Labute approximate surface area is 112 Å². The minimum Gasteiger partial charge on any atom is -0.506 e. The van der Waals surface area contributed by atoms with Gasteiger partial charge in [0.15, 0.2) is 0 Å². The van der Waals surface area contributed by atoms with Crippen LogP contribution in [0.3, 0.4) is 0 Å². The molecule has 19 heavy (non-hydrogen) atoms. The van der Waals surface area contributed by atoms with Gasteiger partial charge in [0.2, 0.25) is 5.88 Å². The highest BCUT2D eigenvalue weighted by Gasteiger charge is 2.27. The van der Waals surface area contributed by atoms with Crippen molar-refractivity contribution in [3.63, 3.8) is 0 Å². The second kappa shape index (κ2) is 4.57. The van der Waals surface area contributed by atoms with Crippen molar-refractivity contribution in [3.8, 4) is 11.6 Å². The van der Waals surface area contributed by atoms with Crippen LogP contribution in [-0.2, 0) is 6.42 Å². The molecular weight excluding hydrogens is 238 g/mol. The Morgan fingerprint density at radius 1 is 1.26 bits per heavy atom. The summed E-state index contributed by atoms with van der Waals surface area (Å²) in [5, 5.41) is 9.98. The topological polar surface area (TPSA) is 42.4 Å². The number of ether oxygens (including phenoxy) is 1. The highest BCUT2D eigenvalue weighted by molar-refractivity contribution is 5.42. The average Bonchev–Trinajstić information content (AvgIpc) is 2.81. The lowest BCUT2D eigenvalue weighted by Crippen LogP contribution is -2.03. The van der Waals surface area contributed by atoms with Gasteiger partial charge in [-0.2, -0.15) is 0 Å². The minimum absolute atomic E-state index is 0.00510. The van der Waals surface area contributed by atoms with Crippen molar-refractivity contribution in [1.82, 2.24) is 4.98 Å². The lowest BCUT2D eigenvalue weighted by atomic mass is 10.0. The van der Waals surface area contributed by atoms with Gasteiger partial charge in [0.1, 0.15) is 11.9 Å². The molecule has 0 amide bonds. The fourth-order valence-corrected chi connectivity index (χ4v) is 2.44. The number of aromatic nitrogens is 1. The summed E-state index contributed by atoms with van der Waals surface area (Å²) in [6.07, 6.45) is 0.767. The quantitative estimate of drug-likeness (QED) is 0.891. The van der Waals surface area contributed by atoms with Crippen LogP contribution in [0.5, 0.6) is 11.6 Å². The molecular formula is C16H17NO2. The van der Waals surface area contributed by atoms with E-state index in [1.807, 2.05) is 32.0 Å². The van der Waals surface area contributed by atoms with E-state index in [1.165, 1.54) is 0 Å². The molecule has 1 N–H and O–H groups in total. The van der Waals surface area contributed by atoms with E-state index >= 15 is 0 Å². The second-order valence-electron chi connectivity index (χ2n) is 5.23. The molecule has 0 aliphatic carbocycles. The van der Waals surface area contributed by atoms with E-state index in [0.29, 0.717) is 11.6 Å². The van der Waals surface area contributed by atoms with Crippen LogP contribution in [0, 0.1) is 0 Å². The Morgan fingerprint density at radius 2 is 2.00 bits per heavy atom. The lowest BCUT2D eigenvalue weighted by molar-refractivity contribution is 0.230. The third-order valence-electron chi connectivity index (χ3n) is 3.45. The highest BCUT2D eigenvalue weighted by Crippen LogP contribution is 2.39. The summed E-state index contributed by atoms with van der Waals surface area (Å²) in [5.74, 6) is 1.12. The first kappa shape index (κ1) is 12.0. The summed E-state index contributed by atoms with van der Waals surface area (Å²) in [6, 6.07) is 11.9. The zero-order valence-electron chi connectivity index (χ0n) is 11.1. The van der Waals surface area contributed by atoms with Crippen LogP contribution < -0.4 is 4.74 Å². The fraction of sp³-hybridized carbons (Fsp3) is 0.312. The number of hydrogen-bond donors (Lipinski definition) is 1. The maximum atomic E-state index is 9.98. The molecule has 0 saturated carbocycles. The average molecular weight is 255 g/mol. The second-order valence-corrected chi connectivity index (χ2v) is 5.23. The standard InChI is InChI=1S/C16H17NO2/c1-10(2)15-13(18)8-12-9-14(19-16(12)17-15)11-6-4-3-5-7-11/h3-8,10,14,18H,9H2,1-2H3. The lowest BCUT2D eigenvalue weighted by Gasteiger charge is -2.11. The van der Waals surface area contributed by atoms with Crippen molar-refractivity contribution in [2.24, 2.45) is 0 Å². The number of benzene rings is 1. The number of rotatable bonds is 2. The van der Waals surface area contributed by atoms with Crippen LogP contribution in [0.15, 0.2) is 36.4 Å². The Hall–Kier alpha value is -2.03. The Balaban J connectivity index is 1.93. The van der Waals surface area contributed by atoms with Crippen molar-refractivity contribution < 1.29 is 9.84 Å². The minimum atomic E-state index is 0.00510. The van der Waals surface area contributed by atoms with Gasteiger partial charge in [-0.05, 0) is 17.5 Å². The van der Waals surface area contributed by atoms with Gasteiger partial charge < -0.3 is 9.84 Å². The molecule has 3 heteroatoms. The van der Waals surface area contributed by atoms with E-state index in [2.05, 4.69) is 17.1 Å². The zero-order chi connectivity index (χ0) is 13.4. The van der Waals surface area contributed by atoms with Crippen molar-refractivity contribution in [3.05, 3.63) is 53.2 Å². The summed E-state index contributed by atoms with van der Waals surface area (Å²) in [6.45, 7) is 4.02. The predicted octanol–water partition coefficient (Wildman–Crippen LogP) is 3.59. The Kier molecular flexibility index (Phi) is 2.90. The molecule has 1 atom stereocenters. The molecule has 0 bridgehead atoms. The first-order chi connectivity index (χ1) is 9.15. The number of aromatic hydroxyl groups is 1. The number of nitrogens with zero attached hydrogens (tertiary/aromatic N) is 1. The van der Waals surface area contributed by atoms with Crippen LogP contribution in [0.1, 0.15) is 42.7 Å². The van der Waals surface area contributed by atoms with Crippen LogP contribution in [0.2, 0.25) is 0 Å². The van der Waals surface area contributed by atoms with Gasteiger partial charge in [0, 0.05) is 12.0 Å².